The summed E-state index contributed by atoms with van der Waals surface area (Å²) in [5, 5.41) is 3.29. The molecule has 34 heavy (non-hydrogen) atoms. The molecule has 1 unspecified atom stereocenters. The van der Waals surface area contributed by atoms with Crippen molar-refractivity contribution in [3.05, 3.63) is 64.7 Å². The summed E-state index contributed by atoms with van der Waals surface area (Å²) in [6, 6.07) is 13.8. The number of hydrogen-bond acceptors (Lipinski definition) is 4. The summed E-state index contributed by atoms with van der Waals surface area (Å²) in [6.07, 6.45) is 1.52. The van der Waals surface area contributed by atoms with Crippen molar-refractivity contribution >= 4 is 39.1 Å². The van der Waals surface area contributed by atoms with Crippen molar-refractivity contribution in [2.75, 3.05) is 17.1 Å². The van der Waals surface area contributed by atoms with Gasteiger partial charge in [-0.25, -0.2) is 8.42 Å². The van der Waals surface area contributed by atoms with Crippen LogP contribution >= 0.6 is 11.6 Å². The highest BCUT2D eigenvalue weighted by Crippen LogP contribution is 2.27. The first kappa shape index (κ1) is 27.7. The fraction of sp³-hybridized carbons (Fsp3) is 0.440. The number of carbonyl (C=O) groups excluding carboxylic acids is 2. The molecule has 0 fully saturated rings. The maximum absolute atomic E-state index is 13.2. The standard InChI is InChI=1S/C25H34ClN3O4S/c1-18(2)27-25(31)20(4)28(17-21-10-7-6-8-11-21)24(30)12-9-15-29(34(5,32)33)23-16-22(26)14-13-19(23)3/h6-8,10-11,13-14,16,18,20H,9,12,15,17H2,1-5H3,(H,27,31). The second-order valence-electron chi connectivity index (χ2n) is 8.72. The number of carbonyl (C=O) groups is 2. The smallest absolute Gasteiger partial charge is 0.242 e. The second kappa shape index (κ2) is 12.2. The van der Waals surface area contributed by atoms with Gasteiger partial charge in [0.15, 0.2) is 0 Å². The van der Waals surface area contributed by atoms with Crippen LogP contribution in [0.15, 0.2) is 48.5 Å². The number of aryl methyl sites for hydroxylation is 1. The van der Waals surface area contributed by atoms with E-state index in [-0.39, 0.29) is 37.4 Å². The summed E-state index contributed by atoms with van der Waals surface area (Å²) in [4.78, 5) is 27.4. The second-order valence-corrected chi connectivity index (χ2v) is 11.1. The van der Waals surface area contributed by atoms with Gasteiger partial charge in [-0.3, -0.25) is 13.9 Å². The molecular formula is C25H34ClN3O4S. The van der Waals surface area contributed by atoms with Gasteiger partial charge >= 0.3 is 0 Å². The average Bonchev–Trinajstić information content (AvgIpc) is 2.75. The minimum Gasteiger partial charge on any atom is -0.352 e. The van der Waals surface area contributed by atoms with E-state index in [2.05, 4.69) is 5.32 Å². The van der Waals surface area contributed by atoms with E-state index in [4.69, 9.17) is 11.6 Å². The zero-order chi connectivity index (χ0) is 25.5. The first-order valence-corrected chi connectivity index (χ1v) is 13.5. The molecule has 0 aliphatic carbocycles. The molecule has 1 atom stereocenters. The molecule has 0 aromatic heterocycles. The van der Waals surface area contributed by atoms with Crippen molar-refractivity contribution < 1.29 is 18.0 Å². The van der Waals surface area contributed by atoms with Crippen LogP contribution in [0.5, 0.6) is 0 Å². The average molecular weight is 508 g/mol. The number of halogens is 1. The van der Waals surface area contributed by atoms with E-state index < -0.39 is 16.1 Å². The van der Waals surface area contributed by atoms with Gasteiger partial charge in [-0.15, -0.1) is 0 Å². The molecule has 1 N–H and O–H groups in total. The van der Waals surface area contributed by atoms with Gasteiger partial charge < -0.3 is 10.2 Å². The lowest BCUT2D eigenvalue weighted by Gasteiger charge is -2.30. The van der Waals surface area contributed by atoms with Gasteiger partial charge in [-0.05, 0) is 57.4 Å². The van der Waals surface area contributed by atoms with E-state index in [1.807, 2.05) is 51.1 Å². The fourth-order valence-corrected chi connectivity index (χ4v) is 4.78. The molecule has 0 radical (unpaired) electrons. The van der Waals surface area contributed by atoms with Gasteiger partial charge in [0.1, 0.15) is 6.04 Å². The summed E-state index contributed by atoms with van der Waals surface area (Å²) in [5.41, 5.74) is 2.17. The largest absolute Gasteiger partial charge is 0.352 e. The number of hydrogen-bond donors (Lipinski definition) is 1. The lowest BCUT2D eigenvalue weighted by atomic mass is 10.1. The monoisotopic (exact) mass is 507 g/mol. The van der Waals surface area contributed by atoms with E-state index in [1.54, 1.807) is 30.0 Å². The maximum atomic E-state index is 13.2. The Balaban J connectivity index is 2.18. The fourth-order valence-electron chi connectivity index (χ4n) is 3.60. The van der Waals surface area contributed by atoms with Crippen LogP contribution in [0.2, 0.25) is 5.02 Å². The molecular weight excluding hydrogens is 474 g/mol. The number of sulfonamides is 1. The third kappa shape index (κ3) is 8.02. The lowest BCUT2D eigenvalue weighted by Crippen LogP contribution is -2.49. The SMILES string of the molecule is Cc1ccc(Cl)cc1N(CCCC(=O)N(Cc1ccccc1)C(C)C(=O)NC(C)C)S(C)(=O)=O. The number of nitrogens with one attached hydrogen (secondary N) is 1. The van der Waals surface area contributed by atoms with E-state index in [1.165, 1.54) is 4.31 Å². The van der Waals surface area contributed by atoms with Crippen LogP contribution in [0, 0.1) is 6.92 Å². The van der Waals surface area contributed by atoms with Crippen LogP contribution in [0.4, 0.5) is 5.69 Å². The van der Waals surface area contributed by atoms with Gasteiger partial charge in [0, 0.05) is 30.6 Å². The van der Waals surface area contributed by atoms with Gasteiger partial charge in [0.05, 0.1) is 11.9 Å². The van der Waals surface area contributed by atoms with E-state index >= 15 is 0 Å². The summed E-state index contributed by atoms with van der Waals surface area (Å²) < 4.78 is 26.2. The highest BCUT2D eigenvalue weighted by Gasteiger charge is 2.27. The Hall–Kier alpha value is -2.58. The molecule has 186 valence electrons. The van der Waals surface area contributed by atoms with Gasteiger partial charge in [0.2, 0.25) is 21.8 Å². The van der Waals surface area contributed by atoms with Crippen molar-refractivity contribution in [3.63, 3.8) is 0 Å². The Bertz CT molecular complexity index is 1090. The summed E-state index contributed by atoms with van der Waals surface area (Å²) >= 11 is 6.09. The topological polar surface area (TPSA) is 86.8 Å². The first-order chi connectivity index (χ1) is 15.9. The van der Waals surface area contributed by atoms with E-state index in [9.17, 15) is 18.0 Å². The molecule has 2 aromatic rings. The molecule has 0 bridgehead atoms. The Morgan fingerprint density at radius 3 is 2.29 bits per heavy atom. The number of nitrogens with zero attached hydrogens (tertiary/aromatic N) is 2. The Labute approximate surface area is 208 Å². The quantitative estimate of drug-likeness (QED) is 0.495. The van der Waals surface area contributed by atoms with Crippen molar-refractivity contribution in [2.45, 2.75) is 59.2 Å². The molecule has 0 saturated carbocycles. The number of rotatable bonds is 11. The van der Waals surface area contributed by atoms with Crippen molar-refractivity contribution in [2.24, 2.45) is 0 Å². The molecule has 9 heteroatoms. The van der Waals surface area contributed by atoms with Crippen molar-refractivity contribution in [1.82, 2.24) is 10.2 Å². The van der Waals surface area contributed by atoms with Crippen LogP contribution in [0.3, 0.4) is 0 Å². The van der Waals surface area contributed by atoms with Gasteiger partial charge in [-0.2, -0.15) is 0 Å². The minimum absolute atomic E-state index is 0.0483. The number of amides is 2. The van der Waals surface area contributed by atoms with E-state index in [0.29, 0.717) is 17.1 Å². The maximum Gasteiger partial charge on any atom is 0.242 e. The summed E-state index contributed by atoms with van der Waals surface area (Å²) in [6.45, 7) is 7.66. The van der Waals surface area contributed by atoms with Crippen molar-refractivity contribution in [1.29, 1.82) is 0 Å². The van der Waals surface area contributed by atoms with Crippen LogP contribution < -0.4 is 9.62 Å². The highest BCUT2D eigenvalue weighted by atomic mass is 35.5. The van der Waals surface area contributed by atoms with Crippen LogP contribution in [-0.2, 0) is 26.2 Å². The molecule has 0 aliphatic rings. The van der Waals surface area contributed by atoms with E-state index in [0.717, 1.165) is 17.4 Å². The first-order valence-electron chi connectivity index (χ1n) is 11.3. The Kier molecular flexibility index (Phi) is 9.94. The van der Waals surface area contributed by atoms with Gasteiger partial charge in [-0.1, -0.05) is 48.0 Å². The Morgan fingerprint density at radius 1 is 1.06 bits per heavy atom. The number of anilines is 1. The molecule has 7 nitrogen and oxygen atoms in total. The highest BCUT2D eigenvalue weighted by molar-refractivity contribution is 7.92. The zero-order valence-electron chi connectivity index (χ0n) is 20.4. The predicted octanol–water partition coefficient (Wildman–Crippen LogP) is 4.14. The molecule has 0 saturated heterocycles. The van der Waals surface area contributed by atoms with Crippen LogP contribution in [0.1, 0.15) is 44.7 Å². The normalized spacial score (nSPS) is 12.3. The summed E-state index contributed by atoms with van der Waals surface area (Å²) in [5.74, 6) is -0.446. The zero-order valence-corrected chi connectivity index (χ0v) is 22.0. The lowest BCUT2D eigenvalue weighted by molar-refractivity contribution is -0.140. The molecule has 0 aliphatic heterocycles. The molecule has 0 heterocycles. The predicted molar refractivity (Wildman–Crippen MR) is 137 cm³/mol. The van der Waals surface area contributed by atoms with Crippen molar-refractivity contribution in [3.8, 4) is 0 Å². The molecule has 2 amide bonds. The third-order valence-corrected chi connectivity index (χ3v) is 6.80. The van der Waals surface area contributed by atoms with Crippen LogP contribution in [-0.4, -0.2) is 50.0 Å². The minimum atomic E-state index is -3.58. The van der Waals surface area contributed by atoms with Crippen LogP contribution in [0.25, 0.3) is 0 Å². The Morgan fingerprint density at radius 2 is 1.71 bits per heavy atom. The number of benzene rings is 2. The molecule has 2 aromatic carbocycles. The molecule has 2 rings (SSSR count). The van der Waals surface area contributed by atoms with Gasteiger partial charge in [0.25, 0.3) is 0 Å². The third-order valence-electron chi connectivity index (χ3n) is 5.39. The summed E-state index contributed by atoms with van der Waals surface area (Å²) in [7, 11) is -3.58. The molecule has 0 spiro atoms.